The van der Waals surface area contributed by atoms with E-state index in [1.54, 1.807) is 62.8 Å². The Kier molecular flexibility index (Phi) is 7.78. The van der Waals surface area contributed by atoms with Gasteiger partial charge in [-0.15, -0.1) is 0 Å². The number of amides is 1. The second-order valence-electron chi connectivity index (χ2n) is 7.72. The van der Waals surface area contributed by atoms with Crippen LogP contribution in [0.3, 0.4) is 0 Å². The number of sulfonamides is 1. The van der Waals surface area contributed by atoms with Crippen LogP contribution in [0.2, 0.25) is 0 Å². The summed E-state index contributed by atoms with van der Waals surface area (Å²) >= 11 is 0. The molecular formula is C25H27FN2O5S. The number of benzene rings is 3. The number of nitrogens with one attached hydrogen (secondary N) is 1. The molecule has 180 valence electrons. The van der Waals surface area contributed by atoms with Gasteiger partial charge in [0.2, 0.25) is 10.0 Å². The first kappa shape index (κ1) is 25.0. The topological polar surface area (TPSA) is 84.9 Å². The number of carbonyl (C=O) groups is 1. The third kappa shape index (κ3) is 5.85. The van der Waals surface area contributed by atoms with E-state index < -0.39 is 15.8 Å². The largest absolute Gasteiger partial charge is 0.497 e. The van der Waals surface area contributed by atoms with Crippen molar-refractivity contribution in [2.45, 2.75) is 19.5 Å². The van der Waals surface area contributed by atoms with Crippen LogP contribution in [0, 0.1) is 5.82 Å². The maximum absolute atomic E-state index is 14.2. The number of methoxy groups -OCH3 is 2. The van der Waals surface area contributed by atoms with E-state index >= 15 is 0 Å². The summed E-state index contributed by atoms with van der Waals surface area (Å²) in [4.78, 5) is 12.8. The fourth-order valence-electron chi connectivity index (χ4n) is 3.50. The standard InChI is InChI=1S/C25H27FN2O5S/c1-17(21-15-20(32-2)13-14-24(21)33-3)27-25(29)19-11-9-18(10-12-19)16-28(34(4,30)31)23-8-6-5-7-22(23)26/h5-15,17H,16H2,1-4H3,(H,27,29)/t17-/m0/s1. The van der Waals surface area contributed by atoms with Crippen LogP contribution in [0.25, 0.3) is 0 Å². The Labute approximate surface area is 199 Å². The van der Waals surface area contributed by atoms with E-state index in [9.17, 15) is 17.6 Å². The van der Waals surface area contributed by atoms with Crippen molar-refractivity contribution in [1.82, 2.24) is 5.32 Å². The Morgan fingerprint density at radius 1 is 1.03 bits per heavy atom. The fourth-order valence-corrected chi connectivity index (χ4v) is 4.39. The molecule has 1 N–H and O–H groups in total. The van der Waals surface area contributed by atoms with Crippen LogP contribution in [0.4, 0.5) is 10.1 Å². The average Bonchev–Trinajstić information content (AvgIpc) is 2.82. The van der Waals surface area contributed by atoms with Gasteiger partial charge in [0.05, 0.1) is 38.7 Å². The molecule has 0 radical (unpaired) electrons. The number of anilines is 1. The Morgan fingerprint density at radius 2 is 1.71 bits per heavy atom. The van der Waals surface area contributed by atoms with Crippen LogP contribution in [0.1, 0.15) is 34.5 Å². The lowest BCUT2D eigenvalue weighted by Gasteiger charge is -2.23. The van der Waals surface area contributed by atoms with Crippen LogP contribution < -0.4 is 19.1 Å². The molecule has 7 nitrogen and oxygen atoms in total. The molecule has 0 unspecified atom stereocenters. The fraction of sp³-hybridized carbons (Fsp3) is 0.240. The highest BCUT2D eigenvalue weighted by atomic mass is 32.2. The normalized spacial score (nSPS) is 12.0. The molecule has 3 aromatic rings. The van der Waals surface area contributed by atoms with E-state index in [0.29, 0.717) is 22.6 Å². The van der Waals surface area contributed by atoms with E-state index in [2.05, 4.69) is 5.32 Å². The zero-order valence-corrected chi connectivity index (χ0v) is 20.2. The highest BCUT2D eigenvalue weighted by Gasteiger charge is 2.21. The Bertz CT molecular complexity index is 1260. The van der Waals surface area contributed by atoms with Crippen LogP contribution in [-0.4, -0.2) is 34.8 Å². The number of para-hydroxylation sites is 1. The third-order valence-corrected chi connectivity index (χ3v) is 6.44. The van der Waals surface area contributed by atoms with Crippen molar-refractivity contribution >= 4 is 21.6 Å². The zero-order chi connectivity index (χ0) is 24.9. The molecule has 1 amide bonds. The minimum atomic E-state index is -3.73. The van der Waals surface area contributed by atoms with Gasteiger partial charge in [-0.25, -0.2) is 12.8 Å². The van der Waals surface area contributed by atoms with E-state index in [1.807, 2.05) is 6.92 Å². The number of carbonyl (C=O) groups excluding carboxylic acids is 1. The molecule has 0 aliphatic heterocycles. The van der Waals surface area contributed by atoms with Crippen LogP contribution in [0.15, 0.2) is 66.7 Å². The Balaban J connectivity index is 1.76. The summed E-state index contributed by atoms with van der Waals surface area (Å²) in [6.07, 6.45) is 1.02. The first-order valence-electron chi connectivity index (χ1n) is 10.5. The van der Waals surface area contributed by atoms with Gasteiger partial charge in [-0.2, -0.15) is 0 Å². The number of rotatable bonds is 9. The highest BCUT2D eigenvalue weighted by Crippen LogP contribution is 2.29. The number of nitrogens with zero attached hydrogens (tertiary/aromatic N) is 1. The van der Waals surface area contributed by atoms with Crippen LogP contribution >= 0.6 is 0 Å². The quantitative estimate of drug-likeness (QED) is 0.488. The highest BCUT2D eigenvalue weighted by molar-refractivity contribution is 7.92. The molecule has 0 spiro atoms. The molecule has 0 fully saturated rings. The average molecular weight is 487 g/mol. The first-order valence-corrected chi connectivity index (χ1v) is 12.3. The van der Waals surface area contributed by atoms with E-state index in [4.69, 9.17) is 9.47 Å². The molecule has 0 saturated heterocycles. The lowest BCUT2D eigenvalue weighted by molar-refractivity contribution is 0.0939. The Hall–Kier alpha value is -3.59. The molecule has 0 aliphatic rings. The SMILES string of the molecule is COc1ccc(OC)c([C@H](C)NC(=O)c2ccc(CN(c3ccccc3F)S(C)(=O)=O)cc2)c1. The lowest BCUT2D eigenvalue weighted by Crippen LogP contribution is -2.30. The van der Waals surface area contributed by atoms with Gasteiger partial charge in [-0.05, 0) is 55.0 Å². The van der Waals surface area contributed by atoms with Gasteiger partial charge in [0.1, 0.15) is 17.3 Å². The predicted molar refractivity (Wildman–Crippen MR) is 129 cm³/mol. The summed E-state index contributed by atoms with van der Waals surface area (Å²) in [5.41, 5.74) is 1.73. The summed E-state index contributed by atoms with van der Waals surface area (Å²) in [7, 11) is -0.614. The summed E-state index contributed by atoms with van der Waals surface area (Å²) in [6, 6.07) is 17.2. The third-order valence-electron chi connectivity index (χ3n) is 5.31. The summed E-state index contributed by atoms with van der Waals surface area (Å²) in [5.74, 6) is 0.327. The summed E-state index contributed by atoms with van der Waals surface area (Å²) in [6.45, 7) is 1.76. The first-order chi connectivity index (χ1) is 16.1. The van der Waals surface area contributed by atoms with E-state index in [0.717, 1.165) is 16.1 Å². The van der Waals surface area contributed by atoms with Gasteiger partial charge < -0.3 is 14.8 Å². The molecule has 9 heteroatoms. The van der Waals surface area contributed by atoms with Crippen molar-refractivity contribution in [2.75, 3.05) is 24.8 Å². The van der Waals surface area contributed by atoms with Crippen molar-refractivity contribution in [3.63, 3.8) is 0 Å². The molecule has 3 aromatic carbocycles. The van der Waals surface area contributed by atoms with Gasteiger partial charge in [0.15, 0.2) is 0 Å². The summed E-state index contributed by atoms with van der Waals surface area (Å²) in [5, 5.41) is 2.93. The number of hydrogen-bond donors (Lipinski definition) is 1. The zero-order valence-electron chi connectivity index (χ0n) is 19.4. The van der Waals surface area contributed by atoms with Gasteiger partial charge >= 0.3 is 0 Å². The second kappa shape index (κ2) is 10.6. The predicted octanol–water partition coefficient (Wildman–Crippen LogP) is 4.30. The molecule has 3 rings (SSSR count). The van der Waals surface area contributed by atoms with E-state index in [1.165, 1.54) is 18.2 Å². The summed E-state index contributed by atoms with van der Waals surface area (Å²) < 4.78 is 50.5. The molecule has 0 bridgehead atoms. The van der Waals surface area contributed by atoms with E-state index in [-0.39, 0.29) is 24.2 Å². The molecule has 34 heavy (non-hydrogen) atoms. The van der Waals surface area contributed by atoms with Crippen molar-refractivity contribution in [3.05, 3.63) is 89.2 Å². The minimum Gasteiger partial charge on any atom is -0.497 e. The second-order valence-corrected chi connectivity index (χ2v) is 9.63. The van der Waals surface area contributed by atoms with Gasteiger partial charge in [0.25, 0.3) is 5.91 Å². The molecule has 0 aliphatic carbocycles. The molecule has 0 saturated carbocycles. The smallest absolute Gasteiger partial charge is 0.251 e. The number of halogens is 1. The van der Waals surface area contributed by atoms with Gasteiger partial charge in [-0.1, -0.05) is 24.3 Å². The maximum Gasteiger partial charge on any atom is 0.251 e. The molecule has 1 atom stereocenters. The maximum atomic E-state index is 14.2. The monoisotopic (exact) mass is 486 g/mol. The number of ether oxygens (including phenoxy) is 2. The van der Waals surface area contributed by atoms with Crippen LogP contribution in [-0.2, 0) is 16.6 Å². The minimum absolute atomic E-state index is 0.0344. The van der Waals surface area contributed by atoms with Gasteiger partial charge in [-0.3, -0.25) is 9.10 Å². The molecule has 0 heterocycles. The van der Waals surface area contributed by atoms with Crippen molar-refractivity contribution < 1.29 is 27.1 Å². The van der Waals surface area contributed by atoms with Crippen molar-refractivity contribution in [1.29, 1.82) is 0 Å². The lowest BCUT2D eigenvalue weighted by atomic mass is 10.1. The molecular weight excluding hydrogens is 459 g/mol. The van der Waals surface area contributed by atoms with Crippen LogP contribution in [0.5, 0.6) is 11.5 Å². The Morgan fingerprint density at radius 3 is 2.29 bits per heavy atom. The van der Waals surface area contributed by atoms with Crippen molar-refractivity contribution in [2.24, 2.45) is 0 Å². The van der Waals surface area contributed by atoms with Crippen molar-refractivity contribution in [3.8, 4) is 11.5 Å². The van der Waals surface area contributed by atoms with Gasteiger partial charge in [0, 0.05) is 11.1 Å². The molecule has 0 aromatic heterocycles. The number of hydrogen-bond acceptors (Lipinski definition) is 5.